The normalized spacial score (nSPS) is 22.0. The first kappa shape index (κ1) is 9.65. The Kier molecular flexibility index (Phi) is 2.82. The van der Waals surface area contributed by atoms with Crippen molar-refractivity contribution in [2.24, 2.45) is 0 Å². The molecule has 2 atom stereocenters. The van der Waals surface area contributed by atoms with E-state index in [2.05, 4.69) is 0 Å². The average molecular weight is 194 g/mol. The van der Waals surface area contributed by atoms with E-state index in [1.165, 1.54) is 0 Å². The van der Waals surface area contributed by atoms with E-state index in [0.717, 1.165) is 17.7 Å². The van der Waals surface area contributed by atoms with Crippen LogP contribution in [0.3, 0.4) is 0 Å². The second-order valence-corrected chi connectivity index (χ2v) is 3.61. The molecule has 1 heterocycles. The summed E-state index contributed by atoms with van der Waals surface area (Å²) < 4.78 is 5.05. The molecular weight excluding hydrogens is 180 g/mol. The number of epoxide rings is 1. The highest BCUT2D eigenvalue weighted by Crippen LogP contribution is 2.25. The third-order valence-corrected chi connectivity index (χ3v) is 2.44. The minimum atomic E-state index is -0.449. The summed E-state index contributed by atoms with van der Waals surface area (Å²) in [6.45, 7) is 0.813. The third kappa shape index (κ3) is 2.32. The highest BCUT2D eigenvalue weighted by Gasteiger charge is 2.26. The van der Waals surface area contributed by atoms with Gasteiger partial charge in [-0.1, -0.05) is 24.3 Å². The molecule has 2 rings (SSSR count). The lowest BCUT2D eigenvalue weighted by molar-refractivity contribution is 0.154. The molecule has 0 aromatic heterocycles. The predicted molar refractivity (Wildman–Crippen MR) is 51.7 cm³/mol. The molecule has 3 heteroatoms. The van der Waals surface area contributed by atoms with Gasteiger partial charge in [-0.05, 0) is 11.1 Å². The number of hydrogen-bond acceptors (Lipinski definition) is 3. The van der Waals surface area contributed by atoms with Gasteiger partial charge in [0.1, 0.15) is 0 Å². The van der Waals surface area contributed by atoms with E-state index >= 15 is 0 Å². The van der Waals surface area contributed by atoms with Crippen LogP contribution in [0.1, 0.15) is 23.7 Å². The minimum Gasteiger partial charge on any atom is -0.392 e. The number of hydrogen-bond donors (Lipinski definition) is 2. The topological polar surface area (TPSA) is 53.0 Å². The highest BCUT2D eigenvalue weighted by atomic mass is 16.6. The minimum absolute atomic E-state index is 0.0438. The summed E-state index contributed by atoms with van der Waals surface area (Å²) in [4.78, 5) is 0. The maximum Gasteiger partial charge on any atom is 0.0837 e. The molecule has 1 aromatic rings. The van der Waals surface area contributed by atoms with Gasteiger partial charge in [-0.25, -0.2) is 0 Å². The number of benzene rings is 1. The van der Waals surface area contributed by atoms with E-state index in [0.29, 0.717) is 6.42 Å². The van der Waals surface area contributed by atoms with Crippen LogP contribution in [0.4, 0.5) is 0 Å². The van der Waals surface area contributed by atoms with Crippen molar-refractivity contribution in [1.29, 1.82) is 0 Å². The van der Waals surface area contributed by atoms with Gasteiger partial charge in [0.15, 0.2) is 0 Å². The molecular formula is C11H14O3. The lowest BCUT2D eigenvalue weighted by atomic mass is 10.0. The van der Waals surface area contributed by atoms with Crippen LogP contribution in [0.2, 0.25) is 0 Å². The largest absolute Gasteiger partial charge is 0.392 e. The highest BCUT2D eigenvalue weighted by molar-refractivity contribution is 5.23. The number of aliphatic hydroxyl groups is 2. The first-order valence-corrected chi connectivity index (χ1v) is 4.79. The monoisotopic (exact) mass is 194 g/mol. The quantitative estimate of drug-likeness (QED) is 0.703. The molecule has 0 aliphatic carbocycles. The molecule has 1 aliphatic heterocycles. The molecule has 1 saturated heterocycles. The van der Waals surface area contributed by atoms with Crippen molar-refractivity contribution in [2.75, 3.05) is 6.61 Å². The molecule has 1 aromatic carbocycles. The fourth-order valence-corrected chi connectivity index (χ4v) is 1.43. The Morgan fingerprint density at radius 2 is 2.00 bits per heavy atom. The summed E-state index contributed by atoms with van der Waals surface area (Å²) in [6, 6.07) is 7.34. The Morgan fingerprint density at radius 3 is 2.50 bits per heavy atom. The standard InChI is InChI=1S/C11H14O3/c12-6-8-1-3-9(4-2-8)11(13)5-10-7-14-10/h1-4,10-13H,5-7H2/t10-,11+/m0/s1. The number of aliphatic hydroxyl groups excluding tert-OH is 2. The molecule has 0 unspecified atom stereocenters. The van der Waals surface area contributed by atoms with E-state index in [-0.39, 0.29) is 12.7 Å². The second-order valence-electron chi connectivity index (χ2n) is 3.61. The van der Waals surface area contributed by atoms with Gasteiger partial charge in [0, 0.05) is 6.42 Å². The van der Waals surface area contributed by atoms with Crippen LogP contribution < -0.4 is 0 Å². The molecule has 0 spiro atoms. The van der Waals surface area contributed by atoms with Crippen molar-refractivity contribution in [3.05, 3.63) is 35.4 Å². The third-order valence-electron chi connectivity index (χ3n) is 2.44. The summed E-state index contributed by atoms with van der Waals surface area (Å²) in [5, 5.41) is 18.6. The molecule has 1 aliphatic rings. The number of rotatable bonds is 4. The molecule has 0 saturated carbocycles. The maximum atomic E-state index is 9.75. The van der Waals surface area contributed by atoms with Gasteiger partial charge in [0.25, 0.3) is 0 Å². The van der Waals surface area contributed by atoms with Crippen LogP contribution >= 0.6 is 0 Å². The summed E-state index contributed by atoms with van der Waals surface area (Å²) in [6.07, 6.45) is 0.455. The van der Waals surface area contributed by atoms with Crippen LogP contribution in [-0.4, -0.2) is 22.9 Å². The summed E-state index contributed by atoms with van der Waals surface area (Å²) in [7, 11) is 0. The lowest BCUT2D eigenvalue weighted by Gasteiger charge is -2.09. The Bertz CT molecular complexity index is 290. The van der Waals surface area contributed by atoms with Crippen LogP contribution in [0.15, 0.2) is 24.3 Å². The lowest BCUT2D eigenvalue weighted by Crippen LogP contribution is -2.01. The van der Waals surface area contributed by atoms with Gasteiger partial charge >= 0.3 is 0 Å². The Balaban J connectivity index is 1.99. The summed E-state index contributed by atoms with van der Waals surface area (Å²) >= 11 is 0. The number of ether oxygens (including phenoxy) is 1. The smallest absolute Gasteiger partial charge is 0.0837 e. The van der Waals surface area contributed by atoms with Gasteiger partial charge in [-0.3, -0.25) is 0 Å². The van der Waals surface area contributed by atoms with E-state index < -0.39 is 6.10 Å². The van der Waals surface area contributed by atoms with Crippen molar-refractivity contribution in [3.63, 3.8) is 0 Å². The first-order valence-electron chi connectivity index (χ1n) is 4.79. The molecule has 76 valence electrons. The van der Waals surface area contributed by atoms with Crippen molar-refractivity contribution < 1.29 is 14.9 Å². The zero-order valence-electron chi connectivity index (χ0n) is 7.89. The van der Waals surface area contributed by atoms with E-state index in [1.807, 2.05) is 24.3 Å². The molecule has 0 amide bonds. The predicted octanol–water partition coefficient (Wildman–Crippen LogP) is 1.00. The van der Waals surface area contributed by atoms with Gasteiger partial charge in [-0.2, -0.15) is 0 Å². The molecule has 1 fully saturated rings. The van der Waals surface area contributed by atoms with Gasteiger partial charge in [-0.15, -0.1) is 0 Å². The zero-order valence-corrected chi connectivity index (χ0v) is 7.89. The van der Waals surface area contributed by atoms with Crippen LogP contribution in [0, 0.1) is 0 Å². The van der Waals surface area contributed by atoms with Crippen molar-refractivity contribution in [2.45, 2.75) is 25.2 Å². The molecule has 3 nitrogen and oxygen atoms in total. The Morgan fingerprint density at radius 1 is 1.36 bits per heavy atom. The van der Waals surface area contributed by atoms with Crippen molar-refractivity contribution in [3.8, 4) is 0 Å². The average Bonchev–Trinajstić information content (AvgIpc) is 3.02. The van der Waals surface area contributed by atoms with E-state index in [4.69, 9.17) is 9.84 Å². The first-order chi connectivity index (χ1) is 6.79. The Hall–Kier alpha value is -0.900. The van der Waals surface area contributed by atoms with E-state index in [1.54, 1.807) is 0 Å². The molecule has 14 heavy (non-hydrogen) atoms. The van der Waals surface area contributed by atoms with Crippen LogP contribution in [0.25, 0.3) is 0 Å². The van der Waals surface area contributed by atoms with Crippen molar-refractivity contribution in [1.82, 2.24) is 0 Å². The summed E-state index contributed by atoms with van der Waals surface area (Å²) in [5.41, 5.74) is 1.75. The second kappa shape index (κ2) is 4.09. The molecule has 2 N–H and O–H groups in total. The fourth-order valence-electron chi connectivity index (χ4n) is 1.43. The Labute approximate surface area is 83.0 Å². The van der Waals surface area contributed by atoms with Gasteiger partial charge in [0.2, 0.25) is 0 Å². The maximum absolute atomic E-state index is 9.75. The van der Waals surface area contributed by atoms with Crippen molar-refractivity contribution >= 4 is 0 Å². The van der Waals surface area contributed by atoms with Gasteiger partial charge < -0.3 is 14.9 Å². The van der Waals surface area contributed by atoms with E-state index in [9.17, 15) is 5.11 Å². The van der Waals surface area contributed by atoms with Crippen LogP contribution in [-0.2, 0) is 11.3 Å². The zero-order chi connectivity index (χ0) is 9.97. The molecule has 0 radical (unpaired) electrons. The van der Waals surface area contributed by atoms with Gasteiger partial charge in [0.05, 0.1) is 25.4 Å². The fraction of sp³-hybridized carbons (Fsp3) is 0.455. The molecule has 0 bridgehead atoms. The SMILES string of the molecule is OCc1ccc([C@H](O)C[C@H]2CO2)cc1. The van der Waals surface area contributed by atoms with Crippen LogP contribution in [0.5, 0.6) is 0 Å². The summed E-state index contributed by atoms with van der Waals surface area (Å²) in [5.74, 6) is 0.